The van der Waals surface area contributed by atoms with E-state index >= 15 is 0 Å². The first-order valence-electron chi connectivity index (χ1n) is 9.37. The van der Waals surface area contributed by atoms with Gasteiger partial charge in [-0.2, -0.15) is 0 Å². The zero-order valence-electron chi connectivity index (χ0n) is 15.9. The van der Waals surface area contributed by atoms with Gasteiger partial charge in [0.15, 0.2) is 5.82 Å². The minimum Gasteiger partial charge on any atom is -0.507 e. The summed E-state index contributed by atoms with van der Waals surface area (Å²) in [4.78, 5) is 11.7. The molecule has 1 aliphatic heterocycles. The normalized spacial score (nSPS) is 17.6. The summed E-state index contributed by atoms with van der Waals surface area (Å²) in [6.07, 6.45) is 2.16. The van der Waals surface area contributed by atoms with Crippen LogP contribution in [0.25, 0.3) is 22.3 Å². The van der Waals surface area contributed by atoms with Gasteiger partial charge in [0.2, 0.25) is 0 Å². The highest BCUT2D eigenvalue weighted by Crippen LogP contribution is 2.39. The van der Waals surface area contributed by atoms with Gasteiger partial charge in [0.05, 0.1) is 11.1 Å². The van der Waals surface area contributed by atoms with Crippen molar-refractivity contribution >= 4 is 16.7 Å². The molecule has 1 fully saturated rings. The maximum atomic E-state index is 14.0. The van der Waals surface area contributed by atoms with Crippen LogP contribution >= 0.6 is 0 Å². The van der Waals surface area contributed by atoms with Gasteiger partial charge in [0, 0.05) is 18.0 Å². The summed E-state index contributed by atoms with van der Waals surface area (Å²) < 4.78 is 14.0. The Hall–Kier alpha value is -2.69. The zero-order chi connectivity index (χ0) is 19.2. The lowest BCUT2D eigenvalue weighted by Crippen LogP contribution is -2.40. The predicted molar refractivity (Wildman–Crippen MR) is 106 cm³/mol. The summed E-state index contributed by atoms with van der Waals surface area (Å²) in [6.45, 7) is 7.56. The van der Waals surface area contributed by atoms with Gasteiger partial charge in [-0.25, -0.2) is 14.4 Å². The van der Waals surface area contributed by atoms with E-state index in [1.54, 1.807) is 24.3 Å². The molecular weight excluding hydrogens is 341 g/mol. The molecule has 1 aromatic heterocycles. The molecule has 0 aliphatic carbocycles. The van der Waals surface area contributed by atoms with Crippen LogP contribution in [0.2, 0.25) is 0 Å². The molecule has 140 valence electrons. The van der Waals surface area contributed by atoms with E-state index in [9.17, 15) is 9.50 Å². The van der Waals surface area contributed by atoms with Crippen LogP contribution < -0.4 is 4.90 Å². The molecule has 0 amide bonds. The molecule has 1 N–H and O–H groups in total. The number of rotatable bonds is 2. The van der Waals surface area contributed by atoms with E-state index in [4.69, 9.17) is 4.98 Å². The highest BCUT2D eigenvalue weighted by atomic mass is 19.1. The number of aromatic nitrogens is 2. The quantitative estimate of drug-likeness (QED) is 0.682. The van der Waals surface area contributed by atoms with E-state index in [1.165, 1.54) is 12.1 Å². The van der Waals surface area contributed by atoms with Crippen LogP contribution in [0.5, 0.6) is 5.75 Å². The second-order valence-corrected chi connectivity index (χ2v) is 8.27. The van der Waals surface area contributed by atoms with Crippen LogP contribution in [0.15, 0.2) is 42.5 Å². The molecule has 1 unspecified atom stereocenters. The van der Waals surface area contributed by atoms with Crippen LogP contribution in [0.1, 0.15) is 33.6 Å². The summed E-state index contributed by atoms with van der Waals surface area (Å²) in [7, 11) is 0. The Kier molecular flexibility index (Phi) is 4.25. The van der Waals surface area contributed by atoms with Crippen LogP contribution in [0, 0.1) is 11.2 Å². The summed E-state index contributed by atoms with van der Waals surface area (Å²) in [6, 6.07) is 12.0. The van der Waals surface area contributed by atoms with Crippen molar-refractivity contribution in [2.45, 2.75) is 39.7 Å². The monoisotopic (exact) mass is 365 g/mol. The summed E-state index contributed by atoms with van der Waals surface area (Å²) in [5.41, 5.74) is 1.34. The largest absolute Gasteiger partial charge is 0.507 e. The Morgan fingerprint density at radius 1 is 1.11 bits per heavy atom. The predicted octanol–water partition coefficient (Wildman–Crippen LogP) is 5.16. The molecule has 1 saturated heterocycles. The minimum atomic E-state index is -0.297. The number of phenolic OH excluding ortho intramolecular Hbond substituents is 1. The first kappa shape index (κ1) is 17.7. The third-order valence-electron chi connectivity index (χ3n) is 5.31. The fraction of sp³-hybridized carbons (Fsp3) is 0.364. The van der Waals surface area contributed by atoms with E-state index in [2.05, 4.69) is 30.7 Å². The Balaban J connectivity index is 1.95. The van der Waals surface area contributed by atoms with Crippen molar-refractivity contribution in [3.05, 3.63) is 48.3 Å². The van der Waals surface area contributed by atoms with Crippen LogP contribution in [0.4, 0.5) is 10.2 Å². The van der Waals surface area contributed by atoms with Gasteiger partial charge < -0.3 is 10.0 Å². The second-order valence-electron chi connectivity index (χ2n) is 8.27. The summed E-state index contributed by atoms with van der Waals surface area (Å²) >= 11 is 0. The van der Waals surface area contributed by atoms with Gasteiger partial charge in [-0.3, -0.25) is 0 Å². The van der Waals surface area contributed by atoms with Crippen molar-refractivity contribution in [3.8, 4) is 17.1 Å². The number of anilines is 1. The first-order valence-corrected chi connectivity index (χ1v) is 9.37. The number of fused-ring (bicyclic) bond motifs is 1. The number of phenols is 1. The molecule has 0 saturated carbocycles. The third-order valence-corrected chi connectivity index (χ3v) is 5.31. The molecule has 1 aliphatic rings. The number of nitrogens with zero attached hydrogens (tertiary/aromatic N) is 3. The molecule has 0 bridgehead atoms. The molecular formula is C22H24FN3O. The highest BCUT2D eigenvalue weighted by molar-refractivity contribution is 5.91. The Morgan fingerprint density at radius 3 is 2.63 bits per heavy atom. The van der Waals surface area contributed by atoms with Crippen molar-refractivity contribution < 1.29 is 9.50 Å². The maximum absolute atomic E-state index is 14.0. The molecule has 4 rings (SSSR count). The summed E-state index contributed by atoms with van der Waals surface area (Å²) in [5, 5.41) is 11.0. The number of hydrogen-bond acceptors (Lipinski definition) is 4. The maximum Gasteiger partial charge on any atom is 0.165 e. The number of halogens is 1. The molecule has 27 heavy (non-hydrogen) atoms. The van der Waals surface area contributed by atoms with E-state index in [-0.39, 0.29) is 17.0 Å². The Labute approximate surface area is 158 Å². The highest BCUT2D eigenvalue weighted by Gasteiger charge is 2.36. The topological polar surface area (TPSA) is 49.2 Å². The van der Waals surface area contributed by atoms with Crippen molar-refractivity contribution in [1.29, 1.82) is 0 Å². The molecule has 4 nitrogen and oxygen atoms in total. The van der Waals surface area contributed by atoms with Crippen LogP contribution in [0.3, 0.4) is 0 Å². The number of hydrogen-bond donors (Lipinski definition) is 1. The van der Waals surface area contributed by atoms with Crippen molar-refractivity contribution in [2.75, 3.05) is 11.4 Å². The molecule has 2 aromatic carbocycles. The molecule has 5 heteroatoms. The van der Waals surface area contributed by atoms with Crippen molar-refractivity contribution in [2.24, 2.45) is 5.41 Å². The molecule has 3 aromatic rings. The smallest absolute Gasteiger partial charge is 0.165 e. The van der Waals surface area contributed by atoms with Gasteiger partial charge >= 0.3 is 0 Å². The molecule has 2 heterocycles. The van der Waals surface area contributed by atoms with Gasteiger partial charge in [-0.05, 0) is 48.6 Å². The average molecular weight is 365 g/mol. The molecule has 0 radical (unpaired) electrons. The lowest BCUT2D eigenvalue weighted by atomic mass is 9.85. The Morgan fingerprint density at radius 2 is 1.89 bits per heavy atom. The third kappa shape index (κ3) is 3.22. The number of benzene rings is 2. The average Bonchev–Trinajstić information content (AvgIpc) is 3.11. The van der Waals surface area contributed by atoms with E-state index in [0.29, 0.717) is 28.3 Å². The van der Waals surface area contributed by atoms with Crippen molar-refractivity contribution in [3.63, 3.8) is 0 Å². The second kappa shape index (κ2) is 6.48. The first-order chi connectivity index (χ1) is 12.8. The van der Waals surface area contributed by atoms with Crippen LogP contribution in [-0.2, 0) is 0 Å². The number of aromatic hydroxyl groups is 1. The van der Waals surface area contributed by atoms with E-state index < -0.39 is 0 Å². The zero-order valence-corrected chi connectivity index (χ0v) is 15.9. The van der Waals surface area contributed by atoms with Crippen molar-refractivity contribution in [1.82, 2.24) is 9.97 Å². The SMILES string of the molecule is CC(C)(C)C1CCCN1c1nc(-c2ccccc2O)nc2ccc(F)cc12. The van der Waals surface area contributed by atoms with E-state index in [1.807, 2.05) is 6.07 Å². The summed E-state index contributed by atoms with van der Waals surface area (Å²) in [5.74, 6) is 1.05. The van der Waals surface area contributed by atoms with Gasteiger partial charge in [-0.1, -0.05) is 32.9 Å². The van der Waals surface area contributed by atoms with Gasteiger partial charge in [-0.15, -0.1) is 0 Å². The Bertz CT molecular complexity index is 997. The van der Waals surface area contributed by atoms with Gasteiger partial charge in [0.25, 0.3) is 0 Å². The molecule has 1 atom stereocenters. The molecule has 0 spiro atoms. The lowest BCUT2D eigenvalue weighted by molar-refractivity contribution is 0.320. The lowest BCUT2D eigenvalue weighted by Gasteiger charge is -2.36. The van der Waals surface area contributed by atoms with Gasteiger partial charge in [0.1, 0.15) is 17.4 Å². The standard InChI is InChI=1S/C22H24FN3O/c1-22(2,3)19-9-6-12-26(19)21-16-13-14(23)10-11-17(16)24-20(25-21)15-7-4-5-8-18(15)27/h4-5,7-8,10-11,13,19,27H,6,9,12H2,1-3H3. The number of para-hydroxylation sites is 1. The fourth-order valence-electron chi connectivity index (χ4n) is 4.01. The van der Waals surface area contributed by atoms with E-state index in [0.717, 1.165) is 25.2 Å². The van der Waals surface area contributed by atoms with Crippen LogP contribution in [-0.4, -0.2) is 27.7 Å². The fourth-order valence-corrected chi connectivity index (χ4v) is 4.01. The minimum absolute atomic E-state index is 0.0795.